The number of sulfonamides is 1. The van der Waals surface area contributed by atoms with Crippen molar-refractivity contribution in [1.29, 1.82) is 0 Å². The van der Waals surface area contributed by atoms with Crippen LogP contribution in [0.3, 0.4) is 0 Å². The van der Waals surface area contributed by atoms with E-state index in [0.29, 0.717) is 22.3 Å². The Labute approximate surface area is 191 Å². The molecule has 0 spiro atoms. The number of carbonyl (C=O) groups excluding carboxylic acids is 1. The van der Waals surface area contributed by atoms with Crippen LogP contribution in [0.4, 0.5) is 5.69 Å². The first-order valence-electron chi connectivity index (χ1n) is 10.1. The molecule has 0 heterocycles. The van der Waals surface area contributed by atoms with Gasteiger partial charge in [-0.2, -0.15) is 5.10 Å². The summed E-state index contributed by atoms with van der Waals surface area (Å²) in [5, 5.41) is 15.8. The van der Waals surface area contributed by atoms with Gasteiger partial charge in [0.1, 0.15) is 5.75 Å². The molecule has 33 heavy (non-hydrogen) atoms. The highest BCUT2D eigenvalue weighted by molar-refractivity contribution is 7.92. The van der Waals surface area contributed by atoms with E-state index in [1.807, 2.05) is 12.1 Å². The Bertz CT molecular complexity index is 1470. The lowest BCUT2D eigenvalue weighted by Crippen LogP contribution is -2.20. The highest BCUT2D eigenvalue weighted by atomic mass is 32.2. The third-order valence-electron chi connectivity index (χ3n) is 5.05. The molecule has 0 saturated heterocycles. The van der Waals surface area contributed by atoms with E-state index >= 15 is 0 Å². The van der Waals surface area contributed by atoms with Gasteiger partial charge in [0, 0.05) is 5.69 Å². The fourth-order valence-corrected chi connectivity index (χ4v) is 4.45. The van der Waals surface area contributed by atoms with Crippen LogP contribution in [0.2, 0.25) is 0 Å². The van der Waals surface area contributed by atoms with Gasteiger partial charge in [-0.05, 0) is 53.6 Å². The fraction of sp³-hybridized carbons (Fsp3) is 0.0400. The van der Waals surface area contributed by atoms with Crippen molar-refractivity contribution in [3.8, 4) is 5.75 Å². The van der Waals surface area contributed by atoms with Crippen LogP contribution in [0.1, 0.15) is 22.8 Å². The summed E-state index contributed by atoms with van der Waals surface area (Å²) in [7, 11) is -3.73. The molecule has 0 radical (unpaired) electrons. The van der Waals surface area contributed by atoms with Crippen LogP contribution in [-0.2, 0) is 10.0 Å². The number of aromatic hydroxyl groups is 1. The highest BCUT2D eigenvalue weighted by Gasteiger charge is 2.16. The quantitative estimate of drug-likeness (QED) is 0.291. The van der Waals surface area contributed by atoms with E-state index < -0.39 is 15.9 Å². The summed E-state index contributed by atoms with van der Waals surface area (Å²) in [6.07, 6.45) is 0. The summed E-state index contributed by atoms with van der Waals surface area (Å²) in [6.45, 7) is 1.69. The number of hydrogen-bond donors (Lipinski definition) is 3. The molecule has 0 bridgehead atoms. The van der Waals surface area contributed by atoms with Crippen molar-refractivity contribution in [3.05, 3.63) is 102 Å². The van der Waals surface area contributed by atoms with E-state index in [2.05, 4.69) is 15.2 Å². The topological polar surface area (TPSA) is 108 Å². The van der Waals surface area contributed by atoms with Gasteiger partial charge in [0.25, 0.3) is 15.9 Å². The molecule has 0 fully saturated rings. The summed E-state index contributed by atoms with van der Waals surface area (Å²) in [4.78, 5) is 12.9. The third kappa shape index (κ3) is 4.86. The number of amides is 1. The van der Waals surface area contributed by atoms with Gasteiger partial charge in [0.2, 0.25) is 0 Å². The molecule has 1 amide bonds. The van der Waals surface area contributed by atoms with Gasteiger partial charge in [-0.25, -0.2) is 13.8 Å². The minimum Gasteiger partial charge on any atom is -0.507 e. The molecule has 0 unspecified atom stereocenters. The maximum atomic E-state index is 12.8. The Balaban J connectivity index is 1.55. The van der Waals surface area contributed by atoms with Crippen molar-refractivity contribution < 1.29 is 18.3 Å². The summed E-state index contributed by atoms with van der Waals surface area (Å²) < 4.78 is 27.7. The number of hydrogen-bond acceptors (Lipinski definition) is 5. The van der Waals surface area contributed by atoms with Gasteiger partial charge in [0.15, 0.2) is 0 Å². The first-order valence-corrected chi connectivity index (χ1v) is 11.6. The molecule has 0 atom stereocenters. The number of phenolic OH excluding ortho intramolecular Hbond substituents is 1. The summed E-state index contributed by atoms with van der Waals surface area (Å²) in [5.74, 6) is -0.694. The molecule has 0 aliphatic rings. The van der Waals surface area contributed by atoms with E-state index in [-0.39, 0.29) is 16.2 Å². The number of rotatable bonds is 6. The third-order valence-corrected chi connectivity index (χ3v) is 6.44. The Morgan fingerprint density at radius 2 is 1.61 bits per heavy atom. The lowest BCUT2D eigenvalue weighted by Gasteiger charge is -2.10. The van der Waals surface area contributed by atoms with E-state index in [0.717, 1.165) is 5.39 Å². The molecule has 166 valence electrons. The van der Waals surface area contributed by atoms with Crippen LogP contribution in [0.15, 0.2) is 101 Å². The molecular weight excluding hydrogens is 438 g/mol. The maximum absolute atomic E-state index is 12.8. The molecule has 8 heteroatoms. The van der Waals surface area contributed by atoms with Gasteiger partial charge >= 0.3 is 0 Å². The molecule has 0 aliphatic heterocycles. The van der Waals surface area contributed by atoms with Crippen molar-refractivity contribution in [2.75, 3.05) is 4.72 Å². The molecule has 0 aromatic heterocycles. The largest absolute Gasteiger partial charge is 0.507 e. The van der Waals surface area contributed by atoms with E-state index in [9.17, 15) is 18.3 Å². The maximum Gasteiger partial charge on any atom is 0.275 e. The highest BCUT2D eigenvalue weighted by Crippen LogP contribution is 2.27. The monoisotopic (exact) mass is 459 g/mol. The molecule has 4 aromatic carbocycles. The number of benzene rings is 4. The lowest BCUT2D eigenvalue weighted by molar-refractivity contribution is 0.0954. The molecule has 0 aliphatic carbocycles. The lowest BCUT2D eigenvalue weighted by atomic mass is 10.0. The number of hydrazone groups is 1. The van der Waals surface area contributed by atoms with Crippen molar-refractivity contribution >= 4 is 38.1 Å². The first-order chi connectivity index (χ1) is 15.8. The SMILES string of the molecule is CC(=NNC(=O)c1c(O)ccc2ccccc12)c1cccc(NS(=O)(=O)c2ccccc2)c1. The molecule has 4 rings (SSSR count). The molecule has 0 saturated carbocycles. The summed E-state index contributed by atoms with van der Waals surface area (Å²) in [5.41, 5.74) is 4.05. The average molecular weight is 460 g/mol. The zero-order chi connectivity index (χ0) is 23.4. The second kappa shape index (κ2) is 9.13. The second-order valence-electron chi connectivity index (χ2n) is 7.32. The molecule has 7 nitrogen and oxygen atoms in total. The van der Waals surface area contributed by atoms with Crippen LogP contribution in [0, 0.1) is 0 Å². The summed E-state index contributed by atoms with van der Waals surface area (Å²) in [6, 6.07) is 25.2. The van der Waals surface area contributed by atoms with Crippen LogP contribution < -0.4 is 10.1 Å². The Hall–Kier alpha value is -4.17. The zero-order valence-corrected chi connectivity index (χ0v) is 18.5. The fourth-order valence-electron chi connectivity index (χ4n) is 3.38. The Morgan fingerprint density at radius 3 is 2.39 bits per heavy atom. The number of anilines is 1. The number of nitrogens with zero attached hydrogens (tertiary/aromatic N) is 1. The van der Waals surface area contributed by atoms with Gasteiger partial charge in [-0.3, -0.25) is 9.52 Å². The zero-order valence-electron chi connectivity index (χ0n) is 17.7. The molecule has 3 N–H and O–H groups in total. The van der Waals surface area contributed by atoms with Crippen LogP contribution in [0.25, 0.3) is 10.8 Å². The van der Waals surface area contributed by atoms with E-state index in [4.69, 9.17) is 0 Å². The number of fused-ring (bicyclic) bond motifs is 1. The van der Waals surface area contributed by atoms with Crippen molar-refractivity contribution in [2.45, 2.75) is 11.8 Å². The molecular formula is C25H21N3O4S. The van der Waals surface area contributed by atoms with Crippen molar-refractivity contribution in [2.24, 2.45) is 5.10 Å². The number of nitrogens with one attached hydrogen (secondary N) is 2. The smallest absolute Gasteiger partial charge is 0.275 e. The number of phenols is 1. The van der Waals surface area contributed by atoms with Gasteiger partial charge in [0.05, 0.1) is 16.2 Å². The predicted molar refractivity (Wildman–Crippen MR) is 129 cm³/mol. The van der Waals surface area contributed by atoms with Crippen LogP contribution in [0.5, 0.6) is 5.75 Å². The minimum atomic E-state index is -3.73. The molecule has 4 aromatic rings. The van der Waals surface area contributed by atoms with E-state index in [1.165, 1.54) is 18.2 Å². The van der Waals surface area contributed by atoms with Gasteiger partial charge < -0.3 is 5.11 Å². The van der Waals surface area contributed by atoms with Gasteiger partial charge in [-0.15, -0.1) is 0 Å². The second-order valence-corrected chi connectivity index (χ2v) is 9.00. The Morgan fingerprint density at radius 1 is 0.879 bits per heavy atom. The Kier molecular flexibility index (Phi) is 6.10. The van der Waals surface area contributed by atoms with Crippen molar-refractivity contribution in [1.82, 2.24) is 5.43 Å². The van der Waals surface area contributed by atoms with E-state index in [1.54, 1.807) is 67.6 Å². The van der Waals surface area contributed by atoms with Crippen LogP contribution >= 0.6 is 0 Å². The first kappa shape index (κ1) is 22.0. The average Bonchev–Trinajstić information content (AvgIpc) is 2.82. The van der Waals surface area contributed by atoms with Gasteiger partial charge in [-0.1, -0.05) is 60.7 Å². The standard InChI is InChI=1S/C25H21N3O4S/c1-17(26-27-25(30)24-22-13-6-5-8-18(22)14-15-23(24)29)19-9-7-10-20(16-19)28-33(31,32)21-11-3-2-4-12-21/h2-16,28-29H,1H3,(H,27,30). The number of carbonyl (C=O) groups is 1. The normalized spacial score (nSPS) is 11.8. The van der Waals surface area contributed by atoms with Crippen LogP contribution in [-0.4, -0.2) is 25.1 Å². The summed E-state index contributed by atoms with van der Waals surface area (Å²) >= 11 is 0. The predicted octanol–water partition coefficient (Wildman–Crippen LogP) is 4.50. The minimum absolute atomic E-state index is 0.133. The van der Waals surface area contributed by atoms with Crippen molar-refractivity contribution in [3.63, 3.8) is 0 Å².